The molecule has 0 aliphatic heterocycles. The van der Waals surface area contributed by atoms with E-state index in [1.165, 1.54) is 0 Å². The zero-order valence-electron chi connectivity index (χ0n) is 12.4. The molecule has 0 aliphatic rings. The van der Waals surface area contributed by atoms with Crippen molar-refractivity contribution in [3.63, 3.8) is 0 Å². The van der Waals surface area contributed by atoms with E-state index in [1.54, 1.807) is 6.26 Å². The van der Waals surface area contributed by atoms with E-state index in [1.807, 2.05) is 6.07 Å². The van der Waals surface area contributed by atoms with Crippen LogP contribution in [0.3, 0.4) is 0 Å². The molecule has 2 aromatic rings. The summed E-state index contributed by atoms with van der Waals surface area (Å²) < 4.78 is 7.48. The van der Waals surface area contributed by atoms with Gasteiger partial charge >= 0.3 is 0 Å². The highest BCUT2D eigenvalue weighted by atomic mass is 127. The molecule has 4 nitrogen and oxygen atoms in total. The normalized spacial score (nSPS) is 11.1. The largest absolute Gasteiger partial charge is 0.460 e. The first-order valence-corrected chi connectivity index (χ1v) is 8.93. The molecule has 0 spiro atoms. The van der Waals surface area contributed by atoms with Gasteiger partial charge in [0.2, 0.25) is 0 Å². The highest BCUT2D eigenvalue weighted by molar-refractivity contribution is 14.1. The minimum atomic E-state index is 0.542. The number of halogens is 2. The molecule has 2 aromatic heterocycles. The Morgan fingerprint density at radius 3 is 2.71 bits per heavy atom. The highest BCUT2D eigenvalue weighted by Crippen LogP contribution is 2.30. The van der Waals surface area contributed by atoms with Gasteiger partial charge in [-0.15, -0.1) is 0 Å². The van der Waals surface area contributed by atoms with Crippen LogP contribution in [0.5, 0.6) is 0 Å². The number of rotatable bonds is 6. The Bertz CT molecular complexity index is 613. The van der Waals surface area contributed by atoms with Gasteiger partial charge < -0.3 is 9.73 Å². The van der Waals surface area contributed by atoms with Gasteiger partial charge in [0, 0.05) is 6.54 Å². The van der Waals surface area contributed by atoms with Crippen molar-refractivity contribution in [2.75, 3.05) is 11.9 Å². The summed E-state index contributed by atoms with van der Waals surface area (Å²) >= 11 is 5.81. The molecule has 0 bridgehead atoms. The van der Waals surface area contributed by atoms with Gasteiger partial charge in [-0.3, -0.25) is 0 Å². The fourth-order valence-electron chi connectivity index (χ4n) is 1.93. The van der Waals surface area contributed by atoms with E-state index in [9.17, 15) is 0 Å². The fraction of sp³-hybridized carbons (Fsp3) is 0.467. The second-order valence-corrected chi connectivity index (χ2v) is 7.21. The Morgan fingerprint density at radius 2 is 2.14 bits per heavy atom. The molecule has 21 heavy (non-hydrogen) atoms. The molecule has 2 rings (SSSR count). The van der Waals surface area contributed by atoms with Gasteiger partial charge in [0.1, 0.15) is 5.82 Å². The van der Waals surface area contributed by atoms with E-state index in [2.05, 4.69) is 69.6 Å². The molecule has 2 heterocycles. The molecule has 0 aromatic carbocycles. The van der Waals surface area contributed by atoms with Crippen LogP contribution in [0.4, 0.5) is 5.82 Å². The van der Waals surface area contributed by atoms with Crippen LogP contribution in [0.1, 0.15) is 32.9 Å². The lowest BCUT2D eigenvalue weighted by Gasteiger charge is -2.13. The van der Waals surface area contributed by atoms with Crippen molar-refractivity contribution in [2.24, 2.45) is 5.92 Å². The molecule has 0 atom stereocenters. The lowest BCUT2D eigenvalue weighted by atomic mass is 10.1. The summed E-state index contributed by atoms with van der Waals surface area (Å²) in [5, 5.41) is 3.38. The summed E-state index contributed by atoms with van der Waals surface area (Å²) in [6.07, 6.45) is 3.62. The first-order valence-electron chi connectivity index (χ1n) is 7.06. The van der Waals surface area contributed by atoms with E-state index >= 15 is 0 Å². The predicted octanol–water partition coefficient (Wildman–Crippen LogP) is 5.12. The Morgan fingerprint density at radius 1 is 1.38 bits per heavy atom. The van der Waals surface area contributed by atoms with Crippen molar-refractivity contribution in [1.82, 2.24) is 9.97 Å². The maximum absolute atomic E-state index is 5.51. The number of aromatic nitrogens is 2. The minimum absolute atomic E-state index is 0.542. The lowest BCUT2D eigenvalue weighted by molar-refractivity contribution is 0.573. The average Bonchev–Trinajstić information content (AvgIpc) is 2.85. The first kappa shape index (κ1) is 16.7. The molecule has 6 heteroatoms. The molecular formula is C15H19BrIN3O. The van der Waals surface area contributed by atoms with Crippen LogP contribution in [0, 0.1) is 9.49 Å². The Kier molecular flexibility index (Phi) is 6.04. The maximum Gasteiger partial charge on any atom is 0.199 e. The molecule has 0 saturated carbocycles. The van der Waals surface area contributed by atoms with Gasteiger partial charge in [-0.1, -0.05) is 20.8 Å². The standard InChI is InChI=1S/C15H19BrIN3O/c1-4-6-18-14-12(17)11(8-9(2)3)19-15(20-14)13-10(16)5-7-21-13/h5,7,9H,4,6,8H2,1-3H3,(H,18,19,20). The average molecular weight is 464 g/mol. The van der Waals surface area contributed by atoms with Crippen LogP contribution < -0.4 is 5.32 Å². The van der Waals surface area contributed by atoms with E-state index in [0.717, 1.165) is 38.9 Å². The molecule has 1 N–H and O–H groups in total. The quantitative estimate of drug-likeness (QED) is 0.603. The number of hydrogen-bond acceptors (Lipinski definition) is 4. The Hall–Kier alpha value is -0.630. The summed E-state index contributed by atoms with van der Waals surface area (Å²) in [7, 11) is 0. The summed E-state index contributed by atoms with van der Waals surface area (Å²) in [5.74, 6) is 2.74. The second kappa shape index (κ2) is 7.58. The third kappa shape index (κ3) is 4.18. The summed E-state index contributed by atoms with van der Waals surface area (Å²) in [6, 6.07) is 1.86. The van der Waals surface area contributed by atoms with Crippen LogP contribution in [0.25, 0.3) is 11.6 Å². The third-order valence-corrected chi connectivity index (χ3v) is 4.64. The van der Waals surface area contributed by atoms with Crippen molar-refractivity contribution < 1.29 is 4.42 Å². The van der Waals surface area contributed by atoms with Crippen LogP contribution in [-0.4, -0.2) is 16.5 Å². The summed E-state index contributed by atoms with van der Waals surface area (Å²) in [4.78, 5) is 9.33. The van der Waals surface area contributed by atoms with Gasteiger partial charge in [0.05, 0.1) is 20.0 Å². The maximum atomic E-state index is 5.51. The number of nitrogens with zero attached hydrogens (tertiary/aromatic N) is 2. The number of hydrogen-bond donors (Lipinski definition) is 1. The van der Waals surface area contributed by atoms with Gasteiger partial charge in [-0.25, -0.2) is 9.97 Å². The van der Waals surface area contributed by atoms with Crippen LogP contribution in [0.15, 0.2) is 21.2 Å². The van der Waals surface area contributed by atoms with Crippen molar-refractivity contribution in [2.45, 2.75) is 33.6 Å². The summed E-state index contributed by atoms with van der Waals surface area (Å²) in [6.45, 7) is 7.42. The number of nitrogens with one attached hydrogen (secondary N) is 1. The molecule has 0 saturated heterocycles. The smallest absolute Gasteiger partial charge is 0.199 e. The minimum Gasteiger partial charge on any atom is -0.460 e. The van der Waals surface area contributed by atoms with Crippen molar-refractivity contribution in [3.8, 4) is 11.6 Å². The Balaban J connectivity index is 2.47. The summed E-state index contributed by atoms with van der Waals surface area (Å²) in [5.41, 5.74) is 1.07. The SMILES string of the molecule is CCCNc1nc(-c2occc2Br)nc(CC(C)C)c1I. The van der Waals surface area contributed by atoms with Gasteiger partial charge in [0.15, 0.2) is 11.6 Å². The van der Waals surface area contributed by atoms with Crippen molar-refractivity contribution >= 4 is 44.3 Å². The van der Waals surface area contributed by atoms with E-state index < -0.39 is 0 Å². The zero-order valence-corrected chi connectivity index (χ0v) is 16.2. The molecular weight excluding hydrogens is 445 g/mol. The molecule has 0 amide bonds. The Labute approximate surface area is 147 Å². The number of anilines is 1. The van der Waals surface area contributed by atoms with Crippen LogP contribution in [0.2, 0.25) is 0 Å². The zero-order chi connectivity index (χ0) is 15.4. The van der Waals surface area contributed by atoms with E-state index in [-0.39, 0.29) is 0 Å². The van der Waals surface area contributed by atoms with Gasteiger partial charge in [0.25, 0.3) is 0 Å². The van der Waals surface area contributed by atoms with Gasteiger partial charge in [-0.2, -0.15) is 0 Å². The van der Waals surface area contributed by atoms with E-state index in [4.69, 9.17) is 9.40 Å². The van der Waals surface area contributed by atoms with Gasteiger partial charge in [-0.05, 0) is 63.3 Å². The van der Waals surface area contributed by atoms with Crippen molar-refractivity contribution in [1.29, 1.82) is 0 Å². The van der Waals surface area contributed by atoms with Crippen LogP contribution in [-0.2, 0) is 6.42 Å². The molecule has 0 aliphatic carbocycles. The molecule has 0 unspecified atom stereocenters. The molecule has 0 fully saturated rings. The van der Waals surface area contributed by atoms with Crippen LogP contribution >= 0.6 is 38.5 Å². The second-order valence-electron chi connectivity index (χ2n) is 5.28. The topological polar surface area (TPSA) is 51.0 Å². The predicted molar refractivity (Wildman–Crippen MR) is 97.5 cm³/mol. The van der Waals surface area contributed by atoms with Crippen molar-refractivity contribution in [3.05, 3.63) is 26.1 Å². The van der Waals surface area contributed by atoms with E-state index in [0.29, 0.717) is 17.5 Å². The first-order chi connectivity index (χ1) is 10.0. The molecule has 0 radical (unpaired) electrons. The highest BCUT2D eigenvalue weighted by Gasteiger charge is 2.17. The number of furan rings is 1. The lowest BCUT2D eigenvalue weighted by Crippen LogP contribution is -2.10. The molecule has 114 valence electrons. The third-order valence-electron chi connectivity index (χ3n) is 2.88. The monoisotopic (exact) mass is 463 g/mol. The fourth-order valence-corrected chi connectivity index (χ4v) is 2.96.